The lowest BCUT2D eigenvalue weighted by molar-refractivity contribution is 0.00613. The van der Waals surface area contributed by atoms with Gasteiger partial charge in [-0.15, -0.1) is 0 Å². The molecule has 4 heteroatoms. The van der Waals surface area contributed by atoms with Crippen LogP contribution in [0.25, 0.3) is 0 Å². The molecule has 0 bridgehead atoms. The van der Waals surface area contributed by atoms with Gasteiger partial charge in [-0.1, -0.05) is 12.8 Å². The number of nitrogens with one attached hydrogen (secondary N) is 1. The highest BCUT2D eigenvalue weighted by Crippen LogP contribution is 2.28. The maximum Gasteiger partial charge on any atom is 0.410 e. The predicted octanol–water partition coefficient (Wildman–Crippen LogP) is 3.94. The second-order valence-corrected chi connectivity index (χ2v) is 8.50. The molecule has 1 rings (SSSR count). The smallest absolute Gasteiger partial charge is 0.410 e. The number of amides is 1. The van der Waals surface area contributed by atoms with Crippen molar-refractivity contribution in [2.75, 3.05) is 13.1 Å². The van der Waals surface area contributed by atoms with Gasteiger partial charge in [-0.2, -0.15) is 0 Å². The molecule has 4 nitrogen and oxygen atoms in total. The number of hydrogen-bond donors (Lipinski definition) is 1. The predicted molar refractivity (Wildman–Crippen MR) is 87.6 cm³/mol. The van der Waals surface area contributed by atoms with E-state index in [1.165, 1.54) is 25.7 Å². The minimum absolute atomic E-state index is 0.228. The van der Waals surface area contributed by atoms with Crippen molar-refractivity contribution in [3.8, 4) is 0 Å². The minimum atomic E-state index is -0.453. The van der Waals surface area contributed by atoms with Crippen LogP contribution in [0.3, 0.4) is 0 Å². The first-order valence-corrected chi connectivity index (χ1v) is 8.19. The van der Waals surface area contributed by atoms with Crippen LogP contribution < -0.4 is 5.32 Å². The van der Waals surface area contributed by atoms with Gasteiger partial charge < -0.3 is 15.0 Å². The van der Waals surface area contributed by atoms with Crippen LogP contribution in [-0.4, -0.2) is 40.8 Å². The third-order valence-electron chi connectivity index (χ3n) is 4.02. The van der Waals surface area contributed by atoms with Crippen LogP contribution in [0, 0.1) is 0 Å². The summed E-state index contributed by atoms with van der Waals surface area (Å²) < 4.78 is 5.53. The molecule has 0 spiro atoms. The Balaban J connectivity index is 2.57. The summed E-state index contributed by atoms with van der Waals surface area (Å²) >= 11 is 0. The van der Waals surface area contributed by atoms with Gasteiger partial charge >= 0.3 is 6.09 Å². The molecule has 0 saturated heterocycles. The molecular weight excluding hydrogens is 264 g/mol. The molecule has 124 valence electrons. The molecule has 0 atom stereocenters. The molecular formula is C17H34N2O2. The lowest BCUT2D eigenvalue weighted by Gasteiger charge is -2.37. The summed E-state index contributed by atoms with van der Waals surface area (Å²) in [5.74, 6) is 0. The van der Waals surface area contributed by atoms with Gasteiger partial charge in [0.15, 0.2) is 0 Å². The number of rotatable bonds is 4. The van der Waals surface area contributed by atoms with Crippen LogP contribution >= 0.6 is 0 Å². The fraction of sp³-hybridized carbons (Fsp3) is 0.941. The van der Waals surface area contributed by atoms with Crippen molar-refractivity contribution in [2.24, 2.45) is 0 Å². The van der Waals surface area contributed by atoms with E-state index in [-0.39, 0.29) is 17.2 Å². The van der Waals surface area contributed by atoms with Gasteiger partial charge in [0.2, 0.25) is 0 Å². The van der Waals surface area contributed by atoms with Crippen LogP contribution in [0.1, 0.15) is 74.1 Å². The Morgan fingerprint density at radius 1 is 1.14 bits per heavy atom. The zero-order valence-corrected chi connectivity index (χ0v) is 15.0. The molecule has 0 heterocycles. The topological polar surface area (TPSA) is 41.6 Å². The fourth-order valence-electron chi connectivity index (χ4n) is 2.82. The zero-order chi connectivity index (χ0) is 16.3. The van der Waals surface area contributed by atoms with E-state index in [0.29, 0.717) is 6.54 Å². The van der Waals surface area contributed by atoms with E-state index in [0.717, 1.165) is 6.54 Å². The molecule has 0 aliphatic heterocycles. The fourth-order valence-corrected chi connectivity index (χ4v) is 2.82. The van der Waals surface area contributed by atoms with Crippen molar-refractivity contribution in [3.63, 3.8) is 0 Å². The van der Waals surface area contributed by atoms with Gasteiger partial charge in [0, 0.05) is 24.2 Å². The van der Waals surface area contributed by atoms with E-state index in [9.17, 15) is 4.79 Å². The van der Waals surface area contributed by atoms with Crippen molar-refractivity contribution < 1.29 is 9.53 Å². The highest BCUT2D eigenvalue weighted by molar-refractivity contribution is 5.69. The van der Waals surface area contributed by atoms with E-state index < -0.39 is 5.60 Å². The second-order valence-electron chi connectivity index (χ2n) is 8.50. The van der Waals surface area contributed by atoms with E-state index in [1.807, 2.05) is 46.4 Å². The molecule has 1 amide bonds. The molecule has 1 saturated carbocycles. The van der Waals surface area contributed by atoms with E-state index in [1.54, 1.807) is 0 Å². The van der Waals surface area contributed by atoms with Gasteiger partial charge in [0.1, 0.15) is 5.60 Å². The van der Waals surface area contributed by atoms with Crippen LogP contribution in [0.5, 0.6) is 0 Å². The van der Waals surface area contributed by atoms with Gasteiger partial charge in [0.05, 0.1) is 0 Å². The number of nitrogens with zero attached hydrogens (tertiary/aromatic N) is 1. The monoisotopic (exact) mass is 298 g/mol. The summed E-state index contributed by atoms with van der Waals surface area (Å²) in [5.41, 5.74) is -0.441. The average Bonchev–Trinajstić information content (AvgIpc) is 2.67. The number of carbonyl (C=O) groups is 1. The number of hydrogen-bond acceptors (Lipinski definition) is 3. The summed E-state index contributed by atoms with van der Waals surface area (Å²) in [4.78, 5) is 14.2. The molecule has 1 fully saturated rings. The van der Waals surface area contributed by atoms with Crippen LogP contribution in [0.15, 0.2) is 0 Å². The van der Waals surface area contributed by atoms with Crippen molar-refractivity contribution >= 4 is 6.09 Å². The summed E-state index contributed by atoms with van der Waals surface area (Å²) in [5, 5.41) is 3.63. The average molecular weight is 298 g/mol. The van der Waals surface area contributed by atoms with Crippen LogP contribution in [0.2, 0.25) is 0 Å². The molecule has 0 aromatic rings. The molecule has 21 heavy (non-hydrogen) atoms. The molecule has 1 aliphatic carbocycles. The highest BCUT2D eigenvalue weighted by atomic mass is 16.6. The molecule has 0 unspecified atom stereocenters. The molecule has 0 aromatic heterocycles. The third kappa shape index (κ3) is 6.25. The van der Waals surface area contributed by atoms with Crippen LogP contribution in [0.4, 0.5) is 4.79 Å². The quantitative estimate of drug-likeness (QED) is 0.854. The van der Waals surface area contributed by atoms with Crippen molar-refractivity contribution in [1.29, 1.82) is 0 Å². The second kappa shape index (κ2) is 6.55. The Bertz CT molecular complexity index is 347. The Morgan fingerprint density at radius 2 is 1.67 bits per heavy atom. The van der Waals surface area contributed by atoms with E-state index in [2.05, 4.69) is 12.2 Å². The molecule has 0 radical (unpaired) electrons. The molecule has 1 aliphatic rings. The Labute approximate surface area is 130 Å². The van der Waals surface area contributed by atoms with Gasteiger partial charge in [-0.25, -0.2) is 4.79 Å². The summed E-state index contributed by atoms with van der Waals surface area (Å²) in [6, 6.07) is 0. The van der Waals surface area contributed by atoms with Crippen molar-refractivity contribution in [1.82, 2.24) is 10.2 Å². The molecule has 0 aromatic carbocycles. The zero-order valence-electron chi connectivity index (χ0n) is 15.0. The third-order valence-corrected chi connectivity index (χ3v) is 4.02. The maximum atomic E-state index is 12.4. The van der Waals surface area contributed by atoms with Crippen LogP contribution in [-0.2, 0) is 4.74 Å². The van der Waals surface area contributed by atoms with E-state index >= 15 is 0 Å². The van der Waals surface area contributed by atoms with Crippen molar-refractivity contribution in [2.45, 2.75) is 90.8 Å². The largest absolute Gasteiger partial charge is 0.444 e. The maximum absolute atomic E-state index is 12.4. The Morgan fingerprint density at radius 3 is 2.10 bits per heavy atom. The Kier molecular flexibility index (Phi) is 5.70. The van der Waals surface area contributed by atoms with Gasteiger partial charge in [-0.05, 0) is 61.3 Å². The van der Waals surface area contributed by atoms with E-state index in [4.69, 9.17) is 4.74 Å². The normalized spacial score (nSPS) is 18.6. The van der Waals surface area contributed by atoms with Gasteiger partial charge in [0.25, 0.3) is 0 Å². The number of carbonyl (C=O) groups excluding carboxylic acids is 1. The lowest BCUT2D eigenvalue weighted by Crippen LogP contribution is -2.52. The Hall–Kier alpha value is -0.770. The summed E-state index contributed by atoms with van der Waals surface area (Å²) in [6.45, 7) is 15.6. The van der Waals surface area contributed by atoms with Gasteiger partial charge in [-0.3, -0.25) is 0 Å². The SMILES string of the molecule is CC1(NCCN(C(=O)OC(C)(C)C)C(C)(C)C)CCCC1. The number of ether oxygens (including phenoxy) is 1. The lowest BCUT2D eigenvalue weighted by atomic mass is 10.0. The standard InChI is InChI=1S/C17H34N2O2/c1-15(2,3)19(14(20)21-16(4,5)6)13-12-18-17(7)10-8-9-11-17/h18H,8-13H2,1-7H3. The summed E-state index contributed by atoms with van der Waals surface area (Å²) in [7, 11) is 0. The first kappa shape index (κ1) is 18.3. The summed E-state index contributed by atoms with van der Waals surface area (Å²) in [6.07, 6.45) is 4.84. The first-order chi connectivity index (χ1) is 9.43. The molecule has 1 N–H and O–H groups in total. The highest BCUT2D eigenvalue weighted by Gasteiger charge is 2.32. The first-order valence-electron chi connectivity index (χ1n) is 8.19. The minimum Gasteiger partial charge on any atom is -0.444 e. The van der Waals surface area contributed by atoms with Crippen molar-refractivity contribution in [3.05, 3.63) is 0 Å².